The maximum absolute atomic E-state index is 13.0. The van der Waals surface area contributed by atoms with Gasteiger partial charge in [0.2, 0.25) is 10.0 Å². The molecule has 1 aliphatic heterocycles. The van der Waals surface area contributed by atoms with Crippen molar-refractivity contribution in [1.82, 2.24) is 4.31 Å². The lowest BCUT2D eigenvalue weighted by molar-refractivity contribution is 0.459. The SMILES string of the molecule is NC[C@@H]1CN(S(=O)(=O)c2cccc(Cl)c2Cl)C[C@H]1c1ccccc1. The van der Waals surface area contributed by atoms with Gasteiger partial charge in [-0.3, -0.25) is 0 Å². The molecule has 2 aromatic carbocycles. The highest BCUT2D eigenvalue weighted by Crippen LogP contribution is 2.37. The van der Waals surface area contributed by atoms with Crippen LogP contribution < -0.4 is 5.73 Å². The number of benzene rings is 2. The van der Waals surface area contributed by atoms with E-state index in [0.29, 0.717) is 19.6 Å². The highest BCUT2D eigenvalue weighted by Gasteiger charge is 2.40. The van der Waals surface area contributed by atoms with Crippen molar-refractivity contribution in [3.63, 3.8) is 0 Å². The van der Waals surface area contributed by atoms with Crippen molar-refractivity contribution in [2.45, 2.75) is 10.8 Å². The van der Waals surface area contributed by atoms with E-state index in [4.69, 9.17) is 28.9 Å². The van der Waals surface area contributed by atoms with Crippen LogP contribution >= 0.6 is 23.2 Å². The van der Waals surface area contributed by atoms with Crippen LogP contribution in [0, 0.1) is 5.92 Å². The number of halogens is 2. The van der Waals surface area contributed by atoms with Gasteiger partial charge in [0, 0.05) is 19.0 Å². The van der Waals surface area contributed by atoms with Crippen molar-refractivity contribution in [3.05, 3.63) is 64.1 Å². The largest absolute Gasteiger partial charge is 0.330 e. The second-order valence-electron chi connectivity index (χ2n) is 5.89. The van der Waals surface area contributed by atoms with Gasteiger partial charge in [-0.15, -0.1) is 0 Å². The molecule has 1 fully saturated rings. The van der Waals surface area contributed by atoms with Gasteiger partial charge in [-0.05, 0) is 30.2 Å². The van der Waals surface area contributed by atoms with Crippen molar-refractivity contribution in [3.8, 4) is 0 Å². The standard InChI is InChI=1S/C17H18Cl2N2O2S/c18-15-7-4-8-16(17(15)19)24(22,23)21-10-13(9-20)14(11-21)12-5-2-1-3-6-12/h1-8,13-14H,9-11,20H2/t13-,14+/m1/s1. The molecular formula is C17H18Cl2N2O2S. The summed E-state index contributed by atoms with van der Waals surface area (Å²) in [4.78, 5) is 0.0427. The lowest BCUT2D eigenvalue weighted by Gasteiger charge is -2.18. The van der Waals surface area contributed by atoms with E-state index in [1.54, 1.807) is 12.1 Å². The van der Waals surface area contributed by atoms with E-state index in [2.05, 4.69) is 0 Å². The Balaban J connectivity index is 1.94. The van der Waals surface area contributed by atoms with Crippen LogP contribution in [0.15, 0.2) is 53.4 Å². The molecule has 1 heterocycles. The van der Waals surface area contributed by atoms with Crippen LogP contribution in [0.2, 0.25) is 10.0 Å². The molecule has 7 heteroatoms. The van der Waals surface area contributed by atoms with Gasteiger partial charge in [-0.2, -0.15) is 4.31 Å². The fraction of sp³-hybridized carbons (Fsp3) is 0.294. The Morgan fingerprint density at radius 3 is 2.42 bits per heavy atom. The van der Waals surface area contributed by atoms with Gasteiger partial charge in [-0.25, -0.2) is 8.42 Å². The molecule has 2 aromatic rings. The molecule has 0 amide bonds. The average molecular weight is 385 g/mol. The molecule has 0 bridgehead atoms. The van der Waals surface area contributed by atoms with Gasteiger partial charge in [0.15, 0.2) is 0 Å². The van der Waals surface area contributed by atoms with Gasteiger partial charge in [0.05, 0.1) is 10.0 Å². The third-order valence-electron chi connectivity index (χ3n) is 4.47. The zero-order valence-electron chi connectivity index (χ0n) is 12.9. The summed E-state index contributed by atoms with van der Waals surface area (Å²) in [6, 6.07) is 14.5. The van der Waals surface area contributed by atoms with Crippen molar-refractivity contribution >= 4 is 33.2 Å². The van der Waals surface area contributed by atoms with Gasteiger partial charge in [0.1, 0.15) is 4.90 Å². The van der Waals surface area contributed by atoms with Crippen LogP contribution in [-0.2, 0) is 10.0 Å². The molecule has 0 aromatic heterocycles. The molecule has 0 unspecified atom stereocenters. The van der Waals surface area contributed by atoms with Gasteiger partial charge in [-0.1, -0.05) is 59.6 Å². The molecule has 1 saturated heterocycles. The second kappa shape index (κ2) is 7.02. The third-order valence-corrected chi connectivity index (χ3v) is 7.28. The number of hydrogen-bond acceptors (Lipinski definition) is 3. The zero-order chi connectivity index (χ0) is 17.3. The topological polar surface area (TPSA) is 63.4 Å². The first-order valence-corrected chi connectivity index (χ1v) is 9.84. The summed E-state index contributed by atoms with van der Waals surface area (Å²) in [6.07, 6.45) is 0. The second-order valence-corrected chi connectivity index (χ2v) is 8.58. The Bertz CT molecular complexity index is 828. The van der Waals surface area contributed by atoms with Gasteiger partial charge >= 0.3 is 0 Å². The van der Waals surface area contributed by atoms with Gasteiger partial charge < -0.3 is 5.73 Å². The lowest BCUT2D eigenvalue weighted by atomic mass is 9.89. The van der Waals surface area contributed by atoms with E-state index in [1.807, 2.05) is 30.3 Å². The molecule has 2 atom stereocenters. The van der Waals surface area contributed by atoms with Crippen LogP contribution in [0.1, 0.15) is 11.5 Å². The van der Waals surface area contributed by atoms with Crippen molar-refractivity contribution in [2.75, 3.05) is 19.6 Å². The molecule has 24 heavy (non-hydrogen) atoms. The maximum atomic E-state index is 13.0. The molecular weight excluding hydrogens is 367 g/mol. The summed E-state index contributed by atoms with van der Waals surface area (Å²) < 4.78 is 27.4. The number of sulfonamides is 1. The average Bonchev–Trinajstić information content (AvgIpc) is 3.03. The van der Waals surface area contributed by atoms with Crippen molar-refractivity contribution < 1.29 is 8.42 Å². The highest BCUT2D eigenvalue weighted by molar-refractivity contribution is 7.89. The van der Waals surface area contributed by atoms with Crippen LogP contribution in [0.25, 0.3) is 0 Å². The maximum Gasteiger partial charge on any atom is 0.244 e. The Morgan fingerprint density at radius 1 is 1.04 bits per heavy atom. The predicted octanol–water partition coefficient (Wildman–Crippen LogP) is 3.36. The molecule has 2 N–H and O–H groups in total. The van der Waals surface area contributed by atoms with Crippen LogP contribution in [0.3, 0.4) is 0 Å². The van der Waals surface area contributed by atoms with E-state index in [-0.39, 0.29) is 26.8 Å². The number of hydrogen-bond donors (Lipinski definition) is 1. The van der Waals surface area contributed by atoms with E-state index >= 15 is 0 Å². The summed E-state index contributed by atoms with van der Waals surface area (Å²) in [5.74, 6) is 0.143. The first kappa shape index (κ1) is 17.7. The highest BCUT2D eigenvalue weighted by atomic mass is 35.5. The first-order valence-electron chi connectivity index (χ1n) is 7.64. The fourth-order valence-electron chi connectivity index (χ4n) is 3.17. The third kappa shape index (κ3) is 3.19. The molecule has 4 nitrogen and oxygen atoms in total. The summed E-state index contributed by atoms with van der Waals surface area (Å²) in [7, 11) is -3.71. The number of nitrogens with zero attached hydrogens (tertiary/aromatic N) is 1. The molecule has 0 aliphatic carbocycles. The quantitative estimate of drug-likeness (QED) is 0.878. The molecule has 0 saturated carbocycles. The zero-order valence-corrected chi connectivity index (χ0v) is 15.2. The minimum Gasteiger partial charge on any atom is -0.330 e. The summed E-state index contributed by atoms with van der Waals surface area (Å²) in [5, 5.41) is 0.290. The smallest absolute Gasteiger partial charge is 0.244 e. The minimum absolute atomic E-state index is 0.0427. The Kier molecular flexibility index (Phi) is 5.18. The van der Waals surface area contributed by atoms with Crippen molar-refractivity contribution in [2.24, 2.45) is 11.7 Å². The number of nitrogens with two attached hydrogens (primary N) is 1. The molecule has 0 spiro atoms. The normalized spacial score (nSPS) is 22.0. The Hall–Kier alpha value is -1.11. The summed E-state index contributed by atoms with van der Waals surface area (Å²) in [5.41, 5.74) is 6.99. The fourth-order valence-corrected chi connectivity index (χ4v) is 5.43. The monoisotopic (exact) mass is 384 g/mol. The molecule has 0 radical (unpaired) electrons. The van der Waals surface area contributed by atoms with Crippen molar-refractivity contribution in [1.29, 1.82) is 0 Å². The number of rotatable bonds is 4. The van der Waals surface area contributed by atoms with Crippen LogP contribution in [-0.4, -0.2) is 32.4 Å². The molecule has 3 rings (SSSR count). The van der Waals surface area contributed by atoms with E-state index in [0.717, 1.165) is 5.56 Å². The first-order chi connectivity index (χ1) is 11.4. The summed E-state index contributed by atoms with van der Waals surface area (Å²) >= 11 is 12.1. The molecule has 1 aliphatic rings. The minimum atomic E-state index is -3.71. The lowest BCUT2D eigenvalue weighted by Crippen LogP contribution is -2.30. The van der Waals surface area contributed by atoms with E-state index in [1.165, 1.54) is 10.4 Å². The Labute approximate surface area is 152 Å². The Morgan fingerprint density at radius 2 is 1.75 bits per heavy atom. The van der Waals surface area contributed by atoms with Crippen LogP contribution in [0.5, 0.6) is 0 Å². The van der Waals surface area contributed by atoms with E-state index in [9.17, 15) is 8.42 Å². The predicted molar refractivity (Wildman–Crippen MR) is 96.9 cm³/mol. The van der Waals surface area contributed by atoms with E-state index < -0.39 is 10.0 Å². The van der Waals surface area contributed by atoms with Gasteiger partial charge in [0.25, 0.3) is 0 Å². The molecule has 128 valence electrons. The summed E-state index contributed by atoms with van der Waals surface area (Å²) in [6.45, 7) is 1.19. The van der Waals surface area contributed by atoms with Crippen LogP contribution in [0.4, 0.5) is 0 Å².